The highest BCUT2D eigenvalue weighted by Crippen LogP contribution is 2.16. The smallest absolute Gasteiger partial charge is 0.232 e. The molecule has 0 radical (unpaired) electrons. The van der Waals surface area contributed by atoms with E-state index < -0.39 is 9.05 Å². The van der Waals surface area contributed by atoms with Gasteiger partial charge in [0.2, 0.25) is 9.05 Å². The van der Waals surface area contributed by atoms with E-state index in [1.165, 1.54) is 6.07 Å². The van der Waals surface area contributed by atoms with Gasteiger partial charge in [0.05, 0.1) is 5.75 Å². The molecule has 0 saturated heterocycles. The van der Waals surface area contributed by atoms with E-state index in [0.29, 0.717) is 6.42 Å². The van der Waals surface area contributed by atoms with Gasteiger partial charge in [-0.2, -0.15) is 0 Å². The summed E-state index contributed by atoms with van der Waals surface area (Å²) in [5, 5.41) is 9.24. The molecule has 0 aliphatic carbocycles. The number of phenols is 1. The van der Waals surface area contributed by atoms with Crippen molar-refractivity contribution >= 4 is 19.7 Å². The number of halogens is 1. The Kier molecular flexibility index (Phi) is 3.39. The first kappa shape index (κ1) is 11.3. The van der Waals surface area contributed by atoms with Crippen molar-refractivity contribution in [1.29, 1.82) is 0 Å². The lowest BCUT2D eigenvalue weighted by molar-refractivity contribution is 0.474. The van der Waals surface area contributed by atoms with Crippen LogP contribution in [0.4, 0.5) is 0 Å². The maximum absolute atomic E-state index is 10.7. The first-order valence-corrected chi connectivity index (χ1v) is 6.56. The van der Waals surface area contributed by atoms with Gasteiger partial charge >= 0.3 is 0 Å². The summed E-state index contributed by atoms with van der Waals surface area (Å²) in [4.78, 5) is 0. The molecular formula is C9H11ClO3S. The molecule has 1 aromatic rings. The van der Waals surface area contributed by atoms with Gasteiger partial charge in [-0.1, -0.05) is 6.07 Å². The van der Waals surface area contributed by atoms with Crippen molar-refractivity contribution in [2.45, 2.75) is 13.3 Å². The Bertz CT molecular complexity index is 405. The van der Waals surface area contributed by atoms with E-state index in [1.54, 1.807) is 6.07 Å². The first-order chi connectivity index (χ1) is 6.37. The standard InChI is InChI=1S/C9H11ClO3S/c1-7-4-8(6-9(11)5-7)2-3-14(10,12)13/h4-6,11H,2-3H2,1H3. The molecular weight excluding hydrogens is 224 g/mol. The third kappa shape index (κ3) is 3.98. The van der Waals surface area contributed by atoms with E-state index in [-0.39, 0.29) is 11.5 Å². The van der Waals surface area contributed by atoms with Gasteiger partial charge in [0.15, 0.2) is 0 Å². The van der Waals surface area contributed by atoms with Crippen molar-refractivity contribution in [3.05, 3.63) is 29.3 Å². The minimum absolute atomic E-state index is 0.114. The zero-order chi connectivity index (χ0) is 10.8. The van der Waals surface area contributed by atoms with E-state index in [1.807, 2.05) is 13.0 Å². The summed E-state index contributed by atoms with van der Waals surface area (Å²) < 4.78 is 21.4. The van der Waals surface area contributed by atoms with Gasteiger partial charge in [-0.15, -0.1) is 0 Å². The second-order valence-electron chi connectivity index (χ2n) is 3.17. The Morgan fingerprint density at radius 3 is 2.50 bits per heavy atom. The molecule has 5 heteroatoms. The number of rotatable bonds is 3. The van der Waals surface area contributed by atoms with E-state index in [0.717, 1.165) is 11.1 Å². The third-order valence-electron chi connectivity index (χ3n) is 1.76. The average molecular weight is 235 g/mol. The van der Waals surface area contributed by atoms with Gasteiger partial charge in [0.1, 0.15) is 5.75 Å². The Hall–Kier alpha value is -0.740. The van der Waals surface area contributed by atoms with E-state index in [9.17, 15) is 13.5 Å². The zero-order valence-corrected chi connectivity index (χ0v) is 9.27. The van der Waals surface area contributed by atoms with Crippen LogP contribution in [-0.4, -0.2) is 19.3 Å². The summed E-state index contributed by atoms with van der Waals surface area (Å²) in [5.41, 5.74) is 1.67. The van der Waals surface area contributed by atoms with Crippen LogP contribution in [0.1, 0.15) is 11.1 Å². The molecule has 1 aromatic carbocycles. The number of aryl methyl sites for hydroxylation is 2. The van der Waals surface area contributed by atoms with Gasteiger partial charge in [-0.25, -0.2) is 8.42 Å². The van der Waals surface area contributed by atoms with Crippen LogP contribution in [0.3, 0.4) is 0 Å². The topological polar surface area (TPSA) is 54.4 Å². The molecule has 0 amide bonds. The van der Waals surface area contributed by atoms with Crippen molar-refractivity contribution < 1.29 is 13.5 Å². The number of hydrogen-bond donors (Lipinski definition) is 1. The molecule has 0 bridgehead atoms. The molecule has 0 spiro atoms. The zero-order valence-electron chi connectivity index (χ0n) is 7.70. The van der Waals surface area contributed by atoms with E-state index >= 15 is 0 Å². The number of aromatic hydroxyl groups is 1. The molecule has 14 heavy (non-hydrogen) atoms. The summed E-state index contributed by atoms with van der Waals surface area (Å²) in [6, 6.07) is 4.97. The van der Waals surface area contributed by atoms with Gasteiger partial charge in [-0.05, 0) is 36.6 Å². The van der Waals surface area contributed by atoms with E-state index in [4.69, 9.17) is 10.7 Å². The summed E-state index contributed by atoms with van der Waals surface area (Å²) >= 11 is 0. The Morgan fingerprint density at radius 1 is 1.36 bits per heavy atom. The summed E-state index contributed by atoms with van der Waals surface area (Å²) in [5.74, 6) is 0.0317. The maximum Gasteiger partial charge on any atom is 0.232 e. The normalized spacial score (nSPS) is 11.6. The van der Waals surface area contributed by atoms with Crippen molar-refractivity contribution in [2.24, 2.45) is 0 Å². The summed E-state index contributed by atoms with van der Waals surface area (Å²) in [7, 11) is 1.61. The Morgan fingerprint density at radius 2 is 2.00 bits per heavy atom. The summed E-state index contributed by atoms with van der Waals surface area (Å²) in [6.07, 6.45) is 0.321. The quantitative estimate of drug-likeness (QED) is 0.812. The fraction of sp³-hybridized carbons (Fsp3) is 0.333. The lowest BCUT2D eigenvalue weighted by Crippen LogP contribution is -2.01. The van der Waals surface area contributed by atoms with Crippen LogP contribution in [-0.2, 0) is 15.5 Å². The number of phenolic OH excluding ortho intramolecular Hbond substituents is 1. The summed E-state index contributed by atoms with van der Waals surface area (Å²) in [6.45, 7) is 1.83. The van der Waals surface area contributed by atoms with Crippen LogP contribution in [0.2, 0.25) is 0 Å². The minimum atomic E-state index is -3.46. The molecule has 0 atom stereocenters. The highest BCUT2D eigenvalue weighted by molar-refractivity contribution is 8.13. The number of hydrogen-bond acceptors (Lipinski definition) is 3. The molecule has 0 fully saturated rings. The largest absolute Gasteiger partial charge is 0.508 e. The monoisotopic (exact) mass is 234 g/mol. The molecule has 0 aliphatic heterocycles. The molecule has 0 aliphatic rings. The molecule has 1 N–H and O–H groups in total. The maximum atomic E-state index is 10.7. The van der Waals surface area contributed by atoms with Crippen molar-refractivity contribution in [3.63, 3.8) is 0 Å². The van der Waals surface area contributed by atoms with Crippen molar-refractivity contribution in [3.8, 4) is 5.75 Å². The SMILES string of the molecule is Cc1cc(O)cc(CCS(=O)(=O)Cl)c1. The van der Waals surface area contributed by atoms with Crippen LogP contribution in [0.15, 0.2) is 18.2 Å². The minimum Gasteiger partial charge on any atom is -0.508 e. The molecule has 0 aromatic heterocycles. The van der Waals surface area contributed by atoms with Crippen LogP contribution in [0.25, 0.3) is 0 Å². The fourth-order valence-corrected chi connectivity index (χ4v) is 1.94. The Balaban J connectivity index is 2.78. The third-order valence-corrected chi connectivity index (χ3v) is 2.91. The molecule has 1 rings (SSSR count). The molecule has 78 valence electrons. The second-order valence-corrected chi connectivity index (χ2v) is 6.07. The van der Waals surface area contributed by atoms with Crippen LogP contribution in [0, 0.1) is 6.92 Å². The first-order valence-electron chi connectivity index (χ1n) is 4.09. The van der Waals surface area contributed by atoms with Crippen molar-refractivity contribution in [1.82, 2.24) is 0 Å². The second kappa shape index (κ2) is 4.19. The number of benzene rings is 1. The molecule has 0 unspecified atom stereocenters. The van der Waals surface area contributed by atoms with Crippen LogP contribution >= 0.6 is 10.7 Å². The molecule has 0 saturated carbocycles. The van der Waals surface area contributed by atoms with Gasteiger partial charge in [0, 0.05) is 10.7 Å². The highest BCUT2D eigenvalue weighted by Gasteiger charge is 2.06. The van der Waals surface area contributed by atoms with Gasteiger partial charge < -0.3 is 5.11 Å². The highest BCUT2D eigenvalue weighted by atomic mass is 35.7. The average Bonchev–Trinajstić information content (AvgIpc) is 1.97. The van der Waals surface area contributed by atoms with Crippen molar-refractivity contribution in [2.75, 3.05) is 5.75 Å². The van der Waals surface area contributed by atoms with Crippen LogP contribution in [0.5, 0.6) is 5.75 Å². The van der Waals surface area contributed by atoms with Gasteiger partial charge in [-0.3, -0.25) is 0 Å². The Labute approximate surface area is 87.8 Å². The molecule has 0 heterocycles. The van der Waals surface area contributed by atoms with Gasteiger partial charge in [0.25, 0.3) is 0 Å². The fourth-order valence-electron chi connectivity index (χ4n) is 1.22. The lowest BCUT2D eigenvalue weighted by atomic mass is 10.1. The predicted octanol–water partition coefficient (Wildman–Crippen LogP) is 1.81. The lowest BCUT2D eigenvalue weighted by Gasteiger charge is -2.02. The van der Waals surface area contributed by atoms with Crippen LogP contribution < -0.4 is 0 Å². The molecule has 3 nitrogen and oxygen atoms in total. The van der Waals surface area contributed by atoms with E-state index in [2.05, 4.69) is 0 Å². The predicted molar refractivity (Wildman–Crippen MR) is 56.2 cm³/mol.